The molecule has 8 heteroatoms. The minimum absolute atomic E-state index is 0.000276. The highest BCUT2D eigenvalue weighted by Gasteiger charge is 2.24. The molecule has 0 unspecified atom stereocenters. The Morgan fingerprint density at radius 3 is 2.70 bits per heavy atom. The van der Waals surface area contributed by atoms with Crippen LogP contribution in [-0.2, 0) is 6.54 Å². The molecule has 2 heterocycles. The number of hydrogen-bond acceptors (Lipinski definition) is 6. The molecule has 6 nitrogen and oxygen atoms in total. The van der Waals surface area contributed by atoms with E-state index in [2.05, 4.69) is 26.4 Å². The van der Waals surface area contributed by atoms with Crippen LogP contribution < -0.4 is 4.74 Å². The number of hydrogen-bond donors (Lipinski definition) is 2. The topological polar surface area (TPSA) is 78.2 Å². The summed E-state index contributed by atoms with van der Waals surface area (Å²) in [6, 6.07) is 9.15. The molecule has 1 saturated heterocycles. The van der Waals surface area contributed by atoms with Crippen molar-refractivity contribution in [3.05, 3.63) is 54.1 Å². The van der Waals surface area contributed by atoms with Crippen molar-refractivity contribution in [2.24, 2.45) is 4.40 Å². The summed E-state index contributed by atoms with van der Waals surface area (Å²) in [6.45, 7) is 2.10. The quantitative estimate of drug-likeness (QED) is 0.774. The maximum absolute atomic E-state index is 13.3. The molecule has 4 rings (SSSR count). The number of likely N-dealkylation sites (tertiary alicyclic amines) is 1. The zero-order valence-corrected chi connectivity index (χ0v) is 15.6. The van der Waals surface area contributed by atoms with E-state index >= 15 is 0 Å². The zero-order chi connectivity index (χ0) is 18.9. The van der Waals surface area contributed by atoms with Gasteiger partial charge in [0.15, 0.2) is 0 Å². The third kappa shape index (κ3) is 4.84. The second-order valence-electron chi connectivity index (χ2n) is 6.94. The predicted octanol–water partition coefficient (Wildman–Crippen LogP) is 4.13. The number of benzene rings is 1. The van der Waals surface area contributed by atoms with Crippen molar-refractivity contribution >= 4 is 16.5 Å². The van der Waals surface area contributed by atoms with Crippen LogP contribution in [0, 0.1) is 5.82 Å². The van der Waals surface area contributed by atoms with E-state index < -0.39 is 16.6 Å². The molecule has 2 N–H and O–H groups in total. The van der Waals surface area contributed by atoms with Crippen LogP contribution in [0.25, 0.3) is 0 Å². The lowest BCUT2D eigenvalue weighted by Crippen LogP contribution is -2.20. The molecular formula is C19H22FN3O3S. The van der Waals surface area contributed by atoms with Gasteiger partial charge < -0.3 is 4.74 Å². The molecule has 2 aromatic rings. The van der Waals surface area contributed by atoms with Gasteiger partial charge in [-0.05, 0) is 30.5 Å². The van der Waals surface area contributed by atoms with Crippen LogP contribution >= 0.6 is 10.8 Å². The maximum atomic E-state index is 13.3. The Morgan fingerprint density at radius 1 is 1.22 bits per heavy atom. The highest BCUT2D eigenvalue weighted by Crippen LogP contribution is 2.49. The Hall–Kier alpha value is -2.00. The van der Waals surface area contributed by atoms with E-state index in [9.17, 15) is 13.5 Å². The molecule has 27 heavy (non-hydrogen) atoms. The Bertz CT molecular complexity index is 840. The van der Waals surface area contributed by atoms with Crippen molar-refractivity contribution < 1.29 is 18.2 Å². The highest BCUT2D eigenvalue weighted by atomic mass is 32.3. The Kier molecular flexibility index (Phi) is 5.14. The van der Waals surface area contributed by atoms with E-state index in [1.54, 1.807) is 0 Å². The van der Waals surface area contributed by atoms with Crippen molar-refractivity contribution in [2.75, 3.05) is 13.1 Å². The van der Waals surface area contributed by atoms with Crippen LogP contribution in [0.1, 0.15) is 24.8 Å². The molecule has 0 amide bonds. The second-order valence-corrected chi connectivity index (χ2v) is 8.63. The minimum Gasteiger partial charge on any atom is -0.490 e. The molecule has 144 valence electrons. The maximum Gasteiger partial charge on any atom is 0.143 e. The summed E-state index contributed by atoms with van der Waals surface area (Å²) in [5.41, 5.74) is 1.87. The number of nitrogens with zero attached hydrogens (tertiary/aromatic N) is 3. The van der Waals surface area contributed by atoms with Gasteiger partial charge in [0.1, 0.15) is 16.5 Å². The normalized spacial score (nSPS) is 20.2. The Labute approximate surface area is 159 Å². The lowest BCUT2D eigenvalue weighted by molar-refractivity contribution is 0.302. The molecule has 0 spiro atoms. The molecule has 1 aromatic carbocycles. The van der Waals surface area contributed by atoms with E-state index in [-0.39, 0.29) is 4.90 Å². The van der Waals surface area contributed by atoms with E-state index in [4.69, 9.17) is 4.74 Å². The fraction of sp³-hybridized carbons (Fsp3) is 0.368. The fourth-order valence-electron chi connectivity index (χ4n) is 3.00. The van der Waals surface area contributed by atoms with Crippen LogP contribution in [0.3, 0.4) is 0 Å². The summed E-state index contributed by atoms with van der Waals surface area (Å²) in [5, 5.41) is 0. The van der Waals surface area contributed by atoms with Gasteiger partial charge in [-0.25, -0.2) is 4.39 Å². The van der Waals surface area contributed by atoms with E-state index in [0.29, 0.717) is 24.8 Å². The van der Waals surface area contributed by atoms with Gasteiger partial charge in [-0.15, -0.1) is 0 Å². The number of halogens is 1. The molecule has 0 atom stereocenters. The Morgan fingerprint density at radius 2 is 2.00 bits per heavy atom. The molecule has 2 aliphatic rings. The second kappa shape index (κ2) is 7.55. The SMILES string of the molecule is OS(O)(N=C1CCN(Cc2ccc(OC3CC3)cc2)C1)c1cncc(F)c1. The van der Waals surface area contributed by atoms with Crippen LogP contribution in [0.15, 0.2) is 52.0 Å². The molecule has 2 fully saturated rings. The van der Waals surface area contributed by atoms with Crippen LogP contribution in [0.2, 0.25) is 0 Å². The third-order valence-electron chi connectivity index (χ3n) is 4.53. The highest BCUT2D eigenvalue weighted by molar-refractivity contribution is 8.23. The van der Waals surface area contributed by atoms with Crippen LogP contribution in [0.4, 0.5) is 4.39 Å². The monoisotopic (exact) mass is 391 g/mol. The van der Waals surface area contributed by atoms with Gasteiger partial charge >= 0.3 is 0 Å². The largest absolute Gasteiger partial charge is 0.490 e. The molecule has 1 saturated carbocycles. The number of pyridine rings is 1. The number of ether oxygens (including phenoxy) is 1. The summed E-state index contributed by atoms with van der Waals surface area (Å²) in [4.78, 5) is 5.85. The smallest absolute Gasteiger partial charge is 0.143 e. The Balaban J connectivity index is 1.37. The minimum atomic E-state index is -3.43. The van der Waals surface area contributed by atoms with E-state index in [1.807, 2.05) is 12.1 Å². The summed E-state index contributed by atoms with van der Waals surface area (Å²) in [5.74, 6) is 0.289. The summed E-state index contributed by atoms with van der Waals surface area (Å²) in [7, 11) is -3.43. The van der Waals surface area contributed by atoms with E-state index in [0.717, 1.165) is 43.9 Å². The summed E-state index contributed by atoms with van der Waals surface area (Å²) < 4.78 is 43.7. The average Bonchev–Trinajstić information content (AvgIpc) is 3.35. The van der Waals surface area contributed by atoms with Gasteiger partial charge in [0.05, 0.1) is 24.2 Å². The summed E-state index contributed by atoms with van der Waals surface area (Å²) in [6.07, 6.45) is 5.58. The molecule has 1 aliphatic heterocycles. The third-order valence-corrected chi connectivity index (χ3v) is 5.90. The van der Waals surface area contributed by atoms with Crippen molar-refractivity contribution in [1.29, 1.82) is 0 Å². The predicted molar refractivity (Wildman–Crippen MR) is 103 cm³/mol. The lowest BCUT2D eigenvalue weighted by Gasteiger charge is -2.27. The van der Waals surface area contributed by atoms with Crippen molar-refractivity contribution in [3.8, 4) is 5.75 Å². The summed E-state index contributed by atoms with van der Waals surface area (Å²) >= 11 is 0. The molecule has 1 aromatic heterocycles. The van der Waals surface area contributed by atoms with Crippen LogP contribution in [-0.4, -0.2) is 43.9 Å². The first-order valence-corrected chi connectivity index (χ1v) is 10.4. The van der Waals surface area contributed by atoms with Crippen molar-refractivity contribution in [2.45, 2.75) is 36.8 Å². The molecule has 0 bridgehead atoms. The first-order chi connectivity index (χ1) is 13.0. The first kappa shape index (κ1) is 18.4. The van der Waals surface area contributed by atoms with Gasteiger partial charge in [-0.2, -0.15) is 4.40 Å². The van der Waals surface area contributed by atoms with Gasteiger partial charge in [0.25, 0.3) is 0 Å². The number of rotatable bonds is 6. The molecular weight excluding hydrogens is 369 g/mol. The van der Waals surface area contributed by atoms with Gasteiger partial charge in [0.2, 0.25) is 0 Å². The van der Waals surface area contributed by atoms with Gasteiger partial charge in [-0.1, -0.05) is 22.9 Å². The molecule has 1 aliphatic carbocycles. The van der Waals surface area contributed by atoms with Crippen LogP contribution in [0.5, 0.6) is 5.75 Å². The van der Waals surface area contributed by atoms with E-state index in [1.165, 1.54) is 11.8 Å². The average molecular weight is 391 g/mol. The fourth-order valence-corrected chi connectivity index (χ4v) is 4.09. The van der Waals surface area contributed by atoms with Crippen molar-refractivity contribution in [3.63, 3.8) is 0 Å². The lowest BCUT2D eigenvalue weighted by atomic mass is 10.2. The van der Waals surface area contributed by atoms with Gasteiger partial charge in [-0.3, -0.25) is 19.0 Å². The number of aromatic nitrogens is 1. The zero-order valence-electron chi connectivity index (χ0n) is 14.8. The van der Waals surface area contributed by atoms with Crippen molar-refractivity contribution in [1.82, 2.24) is 9.88 Å². The van der Waals surface area contributed by atoms with Gasteiger partial charge in [0, 0.05) is 32.1 Å². The first-order valence-electron chi connectivity index (χ1n) is 8.92. The molecule has 0 radical (unpaired) electrons. The standard InChI is InChI=1S/C19H22FN3O3S/c20-15-9-19(11-21-10-15)27(24,25)22-16-7-8-23(13-16)12-14-1-3-17(4-2-14)26-18-5-6-18/h1-4,9-11,18,24-25H,5-8,12-13H2.